The van der Waals surface area contributed by atoms with Crippen LogP contribution in [-0.4, -0.2) is 16.8 Å². The number of nitrogens with zero attached hydrogens (tertiary/aromatic N) is 2. The van der Waals surface area contributed by atoms with Crippen molar-refractivity contribution in [3.8, 4) is 11.5 Å². The van der Waals surface area contributed by atoms with Crippen LogP contribution >= 0.6 is 23.4 Å². The highest BCUT2D eigenvalue weighted by Gasteiger charge is 2.18. The predicted octanol–water partition coefficient (Wildman–Crippen LogP) is 4.03. The summed E-state index contributed by atoms with van der Waals surface area (Å²) in [5.41, 5.74) is 7.95. The van der Waals surface area contributed by atoms with Gasteiger partial charge in [-0.3, -0.25) is 0 Å². The molecule has 0 saturated heterocycles. The first-order chi connectivity index (χ1) is 11.7. The van der Waals surface area contributed by atoms with Crippen molar-refractivity contribution >= 4 is 40.1 Å². The zero-order chi connectivity index (χ0) is 16.5. The number of hydrogen-bond acceptors (Lipinski definition) is 6. The van der Waals surface area contributed by atoms with Crippen molar-refractivity contribution in [1.29, 1.82) is 0 Å². The van der Waals surface area contributed by atoms with Crippen molar-refractivity contribution < 1.29 is 9.47 Å². The third-order valence-corrected chi connectivity index (χ3v) is 4.95. The van der Waals surface area contributed by atoms with Gasteiger partial charge in [-0.2, -0.15) is 0 Å². The first-order valence-corrected chi connectivity index (χ1v) is 8.91. The number of anilines is 1. The molecule has 2 N–H and O–H groups in total. The Morgan fingerprint density at radius 3 is 2.92 bits per heavy atom. The van der Waals surface area contributed by atoms with Crippen LogP contribution < -0.4 is 15.2 Å². The minimum Gasteiger partial charge on any atom is -0.454 e. The molecule has 3 aromatic rings. The van der Waals surface area contributed by atoms with E-state index in [0.717, 1.165) is 28.0 Å². The van der Waals surface area contributed by atoms with E-state index in [9.17, 15) is 0 Å². The van der Waals surface area contributed by atoms with E-state index in [4.69, 9.17) is 26.8 Å². The van der Waals surface area contributed by atoms with Crippen molar-refractivity contribution in [2.24, 2.45) is 0 Å². The molecule has 4 rings (SSSR count). The Labute approximate surface area is 148 Å². The lowest BCUT2D eigenvalue weighted by molar-refractivity contribution is 0.174. The molecule has 122 valence electrons. The Kier molecular flexibility index (Phi) is 4.08. The fourth-order valence-electron chi connectivity index (χ4n) is 2.58. The summed E-state index contributed by atoms with van der Waals surface area (Å²) in [6.07, 6.45) is 0. The Balaban J connectivity index is 1.47. The van der Waals surface area contributed by atoms with Gasteiger partial charge < -0.3 is 15.2 Å². The second-order valence-corrected chi connectivity index (χ2v) is 6.74. The molecule has 0 fully saturated rings. The molecule has 0 bridgehead atoms. The Hall–Kier alpha value is -2.18. The number of aromatic nitrogens is 2. The average molecular weight is 360 g/mol. The first-order valence-electron chi connectivity index (χ1n) is 7.37. The van der Waals surface area contributed by atoms with Gasteiger partial charge in [-0.15, -0.1) is 11.8 Å². The maximum atomic E-state index is 6.20. The van der Waals surface area contributed by atoms with Gasteiger partial charge >= 0.3 is 0 Å². The van der Waals surface area contributed by atoms with E-state index >= 15 is 0 Å². The monoisotopic (exact) mass is 359 g/mol. The number of thioether (sulfide) groups is 1. The maximum absolute atomic E-state index is 6.20. The summed E-state index contributed by atoms with van der Waals surface area (Å²) >= 11 is 7.90. The quantitative estimate of drug-likeness (QED) is 0.758. The minimum atomic E-state index is 0.218. The normalized spacial score (nSPS) is 12.7. The summed E-state index contributed by atoms with van der Waals surface area (Å²) in [5, 5.41) is 1.46. The highest BCUT2D eigenvalue weighted by atomic mass is 35.5. The van der Waals surface area contributed by atoms with Crippen LogP contribution in [0.5, 0.6) is 11.5 Å². The molecule has 0 amide bonds. The SMILES string of the molecule is Nc1nc(CSCc2cc(Cl)c3c(c2)OCO3)nc2ccccc12. The van der Waals surface area contributed by atoms with Gasteiger partial charge in [-0.05, 0) is 29.8 Å². The molecule has 1 aromatic heterocycles. The molecule has 0 radical (unpaired) electrons. The Bertz CT molecular complexity index is 920. The third kappa shape index (κ3) is 2.95. The number of nitrogen functional groups attached to an aromatic ring is 1. The molecule has 5 nitrogen and oxygen atoms in total. The molecule has 1 aliphatic heterocycles. The minimum absolute atomic E-state index is 0.218. The van der Waals surface area contributed by atoms with Crippen LogP contribution in [0.3, 0.4) is 0 Å². The van der Waals surface area contributed by atoms with Crippen molar-refractivity contribution in [2.45, 2.75) is 11.5 Å². The molecule has 0 saturated carbocycles. The van der Waals surface area contributed by atoms with Gasteiger partial charge in [0.2, 0.25) is 6.79 Å². The summed E-state index contributed by atoms with van der Waals surface area (Å²) in [6.45, 7) is 0.218. The summed E-state index contributed by atoms with van der Waals surface area (Å²) in [4.78, 5) is 8.94. The zero-order valence-electron chi connectivity index (χ0n) is 12.7. The van der Waals surface area contributed by atoms with Gasteiger partial charge in [-0.1, -0.05) is 23.7 Å². The molecule has 0 unspecified atom stereocenters. The van der Waals surface area contributed by atoms with E-state index in [1.54, 1.807) is 11.8 Å². The molecular formula is C17H14ClN3O2S. The number of benzene rings is 2. The van der Waals surface area contributed by atoms with Crippen molar-refractivity contribution in [1.82, 2.24) is 9.97 Å². The zero-order valence-corrected chi connectivity index (χ0v) is 14.2. The van der Waals surface area contributed by atoms with Crippen LogP contribution in [0.2, 0.25) is 5.02 Å². The molecular weight excluding hydrogens is 346 g/mol. The predicted molar refractivity (Wildman–Crippen MR) is 96.5 cm³/mol. The van der Waals surface area contributed by atoms with E-state index in [1.165, 1.54) is 0 Å². The van der Waals surface area contributed by atoms with Gasteiger partial charge in [-0.25, -0.2) is 9.97 Å². The lowest BCUT2D eigenvalue weighted by atomic mass is 10.2. The molecule has 7 heteroatoms. The maximum Gasteiger partial charge on any atom is 0.231 e. The van der Waals surface area contributed by atoms with E-state index in [2.05, 4.69) is 9.97 Å². The largest absolute Gasteiger partial charge is 0.454 e. The number of hydrogen-bond donors (Lipinski definition) is 1. The number of para-hydroxylation sites is 1. The van der Waals surface area contributed by atoms with E-state index in [-0.39, 0.29) is 6.79 Å². The van der Waals surface area contributed by atoms with E-state index in [0.29, 0.717) is 28.1 Å². The van der Waals surface area contributed by atoms with Crippen LogP contribution in [0.15, 0.2) is 36.4 Å². The lowest BCUT2D eigenvalue weighted by Gasteiger charge is -2.07. The number of ether oxygens (including phenoxy) is 2. The first kappa shape index (κ1) is 15.4. The molecule has 0 spiro atoms. The standard InChI is InChI=1S/C17H14ClN3O2S/c18-12-5-10(6-14-16(12)23-9-22-14)7-24-8-15-20-13-4-2-1-3-11(13)17(19)21-15/h1-6H,7-9H2,(H2,19,20,21). The van der Waals surface area contributed by atoms with Crippen LogP contribution in [0.4, 0.5) is 5.82 Å². The van der Waals surface area contributed by atoms with Crippen LogP contribution in [0.25, 0.3) is 10.9 Å². The lowest BCUT2D eigenvalue weighted by Crippen LogP contribution is -2.00. The Morgan fingerprint density at radius 1 is 1.12 bits per heavy atom. The second-order valence-electron chi connectivity index (χ2n) is 5.35. The third-order valence-electron chi connectivity index (χ3n) is 3.67. The fraction of sp³-hybridized carbons (Fsp3) is 0.176. The second kappa shape index (κ2) is 6.37. The molecule has 0 aliphatic carbocycles. The highest BCUT2D eigenvalue weighted by molar-refractivity contribution is 7.97. The fourth-order valence-corrected chi connectivity index (χ4v) is 3.68. The van der Waals surface area contributed by atoms with Crippen molar-refractivity contribution in [3.05, 3.63) is 52.8 Å². The smallest absolute Gasteiger partial charge is 0.231 e. The van der Waals surface area contributed by atoms with E-state index < -0.39 is 0 Å². The van der Waals surface area contributed by atoms with Gasteiger partial charge in [0, 0.05) is 11.1 Å². The van der Waals surface area contributed by atoms with Gasteiger partial charge in [0.1, 0.15) is 11.6 Å². The molecule has 2 heterocycles. The van der Waals surface area contributed by atoms with Crippen molar-refractivity contribution in [3.63, 3.8) is 0 Å². The summed E-state index contributed by atoms with van der Waals surface area (Å²) < 4.78 is 10.7. The number of rotatable bonds is 4. The van der Waals surface area contributed by atoms with Gasteiger partial charge in [0.25, 0.3) is 0 Å². The summed E-state index contributed by atoms with van der Waals surface area (Å²) in [5.74, 6) is 4.00. The number of fused-ring (bicyclic) bond motifs is 2. The van der Waals surface area contributed by atoms with Gasteiger partial charge in [0.15, 0.2) is 11.5 Å². The number of halogens is 1. The van der Waals surface area contributed by atoms with E-state index in [1.807, 2.05) is 36.4 Å². The van der Waals surface area contributed by atoms with Crippen LogP contribution in [0, 0.1) is 0 Å². The van der Waals surface area contributed by atoms with Crippen LogP contribution in [-0.2, 0) is 11.5 Å². The molecule has 0 atom stereocenters. The molecule has 2 aromatic carbocycles. The average Bonchev–Trinajstić information content (AvgIpc) is 3.04. The molecule has 24 heavy (non-hydrogen) atoms. The highest BCUT2D eigenvalue weighted by Crippen LogP contribution is 2.40. The van der Waals surface area contributed by atoms with Crippen LogP contribution in [0.1, 0.15) is 11.4 Å². The van der Waals surface area contributed by atoms with Crippen molar-refractivity contribution in [2.75, 3.05) is 12.5 Å². The number of nitrogens with two attached hydrogens (primary N) is 1. The van der Waals surface area contributed by atoms with Gasteiger partial charge in [0.05, 0.1) is 16.3 Å². The molecule has 1 aliphatic rings. The summed E-state index contributed by atoms with van der Waals surface area (Å²) in [7, 11) is 0. The Morgan fingerprint density at radius 2 is 2.00 bits per heavy atom. The summed E-state index contributed by atoms with van der Waals surface area (Å²) in [6, 6.07) is 11.6. The topological polar surface area (TPSA) is 70.3 Å².